The van der Waals surface area contributed by atoms with Crippen LogP contribution in [-0.4, -0.2) is 38.6 Å². The maximum Gasteiger partial charge on any atom is 0.267 e. The van der Waals surface area contributed by atoms with Crippen molar-refractivity contribution in [1.82, 2.24) is 19.3 Å². The summed E-state index contributed by atoms with van der Waals surface area (Å²) >= 11 is 0. The molecule has 168 valence electrons. The highest BCUT2D eigenvalue weighted by Crippen LogP contribution is 2.19. The summed E-state index contributed by atoms with van der Waals surface area (Å²) in [5.41, 5.74) is 1.95. The maximum absolute atomic E-state index is 13.4. The van der Waals surface area contributed by atoms with Crippen LogP contribution in [0.2, 0.25) is 0 Å². The molecular weight excluding hydrogens is 406 g/mol. The highest BCUT2D eigenvalue weighted by molar-refractivity contribution is 5.97. The first-order valence-corrected chi connectivity index (χ1v) is 11.5. The van der Waals surface area contributed by atoms with Crippen molar-refractivity contribution in [3.63, 3.8) is 0 Å². The Kier molecular flexibility index (Phi) is 5.55. The minimum absolute atomic E-state index is 0.0535. The highest BCUT2D eigenvalue weighted by atomic mass is 16.5. The minimum Gasteiger partial charge on any atom is -0.376 e. The van der Waals surface area contributed by atoms with Gasteiger partial charge in [0.15, 0.2) is 0 Å². The Labute approximate surface area is 185 Å². The average molecular weight is 436 g/mol. The van der Waals surface area contributed by atoms with Crippen LogP contribution < -0.4 is 16.4 Å². The molecule has 1 aliphatic carbocycles. The molecule has 8 heteroatoms. The summed E-state index contributed by atoms with van der Waals surface area (Å²) in [6.45, 7) is 3.01. The average Bonchev–Trinajstić information content (AvgIpc) is 3.30. The van der Waals surface area contributed by atoms with Crippen LogP contribution in [0.25, 0.3) is 16.7 Å². The number of rotatable bonds is 4. The highest BCUT2D eigenvalue weighted by Gasteiger charge is 2.23. The Hall–Kier alpha value is -3.00. The number of nitrogens with zero attached hydrogens (tertiary/aromatic N) is 3. The first-order valence-electron chi connectivity index (χ1n) is 11.5. The molecule has 0 bridgehead atoms. The first kappa shape index (κ1) is 20.9. The van der Waals surface area contributed by atoms with Gasteiger partial charge in [-0.1, -0.05) is 25.3 Å². The van der Waals surface area contributed by atoms with Crippen LogP contribution in [0.1, 0.15) is 60.9 Å². The van der Waals surface area contributed by atoms with Gasteiger partial charge in [-0.25, -0.2) is 4.98 Å². The van der Waals surface area contributed by atoms with Crippen molar-refractivity contribution in [1.29, 1.82) is 5.41 Å². The van der Waals surface area contributed by atoms with Gasteiger partial charge in [-0.05, 0) is 50.3 Å². The summed E-state index contributed by atoms with van der Waals surface area (Å²) in [5.74, 6) is -0.293. The second kappa shape index (κ2) is 8.50. The van der Waals surface area contributed by atoms with Crippen LogP contribution in [0.5, 0.6) is 0 Å². The quantitative estimate of drug-likeness (QED) is 0.615. The SMILES string of the molecule is Cc1ccc2nc3c(cc(C(=O)NC4CCCCC4)c(=N)n3CC3CCCO3)c(=O)n2c1. The molecule has 2 aliphatic rings. The number of carbonyl (C=O) groups excluding carboxylic acids is 1. The standard InChI is InChI=1S/C24H29N5O3/c1-15-9-10-20-27-22-19(24(31)28(20)13-15)12-18(23(30)26-16-6-3-2-4-7-16)21(25)29(22)14-17-8-5-11-32-17/h9-10,12-13,16-17,25H,2-8,11,14H2,1H3,(H,26,30). The number of pyridine rings is 2. The van der Waals surface area contributed by atoms with E-state index < -0.39 is 0 Å². The number of amides is 1. The molecule has 0 aromatic carbocycles. The summed E-state index contributed by atoms with van der Waals surface area (Å²) in [6, 6.07) is 5.38. The molecule has 3 aromatic rings. The lowest BCUT2D eigenvalue weighted by atomic mass is 9.95. The third-order valence-corrected chi connectivity index (χ3v) is 6.65. The van der Waals surface area contributed by atoms with Crippen molar-refractivity contribution in [2.24, 2.45) is 0 Å². The summed E-state index contributed by atoms with van der Waals surface area (Å²) in [7, 11) is 0. The number of nitrogens with one attached hydrogen (secondary N) is 2. The zero-order valence-electron chi connectivity index (χ0n) is 18.4. The van der Waals surface area contributed by atoms with E-state index >= 15 is 0 Å². The lowest BCUT2D eigenvalue weighted by Gasteiger charge is -2.23. The molecule has 1 saturated carbocycles. The fourth-order valence-corrected chi connectivity index (χ4v) is 4.90. The Balaban J connectivity index is 1.67. The largest absolute Gasteiger partial charge is 0.376 e. The summed E-state index contributed by atoms with van der Waals surface area (Å²) in [5, 5.41) is 12.3. The van der Waals surface area contributed by atoms with E-state index in [9.17, 15) is 9.59 Å². The Bertz CT molecular complexity index is 1300. The van der Waals surface area contributed by atoms with E-state index in [4.69, 9.17) is 15.1 Å². The van der Waals surface area contributed by atoms with Crippen molar-refractivity contribution < 1.29 is 9.53 Å². The second-order valence-corrected chi connectivity index (χ2v) is 9.05. The molecule has 3 aromatic heterocycles. The van der Waals surface area contributed by atoms with Gasteiger partial charge in [0.25, 0.3) is 11.5 Å². The molecular formula is C24H29N5O3. The fourth-order valence-electron chi connectivity index (χ4n) is 4.90. The van der Waals surface area contributed by atoms with E-state index in [2.05, 4.69) is 5.32 Å². The second-order valence-electron chi connectivity index (χ2n) is 9.05. The van der Waals surface area contributed by atoms with Crippen molar-refractivity contribution in [3.05, 3.63) is 51.4 Å². The zero-order valence-corrected chi connectivity index (χ0v) is 18.4. The Morgan fingerprint density at radius 1 is 1.22 bits per heavy atom. The van der Waals surface area contributed by atoms with Gasteiger partial charge >= 0.3 is 0 Å². The van der Waals surface area contributed by atoms with E-state index in [0.29, 0.717) is 29.8 Å². The van der Waals surface area contributed by atoms with Gasteiger partial charge in [0, 0.05) is 18.8 Å². The molecule has 1 saturated heterocycles. The number of aryl methyl sites for hydroxylation is 1. The van der Waals surface area contributed by atoms with Crippen molar-refractivity contribution >= 4 is 22.6 Å². The molecule has 1 atom stereocenters. The predicted molar refractivity (Wildman–Crippen MR) is 121 cm³/mol. The van der Waals surface area contributed by atoms with Crippen LogP contribution in [0.15, 0.2) is 29.2 Å². The van der Waals surface area contributed by atoms with Crippen LogP contribution in [0.4, 0.5) is 0 Å². The number of hydrogen-bond acceptors (Lipinski definition) is 5. The molecule has 1 aliphatic heterocycles. The van der Waals surface area contributed by atoms with Gasteiger partial charge in [0.2, 0.25) is 0 Å². The topological polar surface area (TPSA) is 101 Å². The van der Waals surface area contributed by atoms with Crippen molar-refractivity contribution in [3.8, 4) is 0 Å². The molecule has 0 radical (unpaired) electrons. The van der Waals surface area contributed by atoms with E-state index in [-0.39, 0.29) is 34.7 Å². The molecule has 4 heterocycles. The van der Waals surface area contributed by atoms with Gasteiger partial charge in [-0.2, -0.15) is 0 Å². The van der Waals surface area contributed by atoms with E-state index in [1.165, 1.54) is 10.8 Å². The van der Waals surface area contributed by atoms with Gasteiger partial charge in [0.05, 0.1) is 23.6 Å². The number of fused-ring (bicyclic) bond motifs is 2. The molecule has 8 nitrogen and oxygen atoms in total. The molecule has 5 rings (SSSR count). The number of aromatic nitrogens is 3. The third-order valence-electron chi connectivity index (χ3n) is 6.65. The van der Waals surface area contributed by atoms with E-state index in [0.717, 1.165) is 44.1 Å². The molecule has 0 spiro atoms. The van der Waals surface area contributed by atoms with Crippen LogP contribution in [0.3, 0.4) is 0 Å². The lowest BCUT2D eigenvalue weighted by molar-refractivity contribution is 0.0913. The van der Waals surface area contributed by atoms with Gasteiger partial charge in [-0.3, -0.25) is 19.4 Å². The number of hydrogen-bond donors (Lipinski definition) is 2. The smallest absolute Gasteiger partial charge is 0.267 e. The van der Waals surface area contributed by atoms with E-state index in [1.807, 2.05) is 13.0 Å². The predicted octanol–water partition coefficient (Wildman–Crippen LogP) is 2.68. The third kappa shape index (κ3) is 3.83. The molecule has 1 unspecified atom stereocenters. The van der Waals surface area contributed by atoms with Crippen LogP contribution >= 0.6 is 0 Å². The number of ether oxygens (including phenoxy) is 1. The normalized spacial score (nSPS) is 19.6. The Morgan fingerprint density at radius 2 is 2.03 bits per heavy atom. The van der Waals surface area contributed by atoms with Crippen molar-refractivity contribution in [2.45, 2.75) is 70.6 Å². The van der Waals surface area contributed by atoms with Gasteiger partial charge in [-0.15, -0.1) is 0 Å². The molecule has 1 amide bonds. The monoisotopic (exact) mass is 435 g/mol. The first-order chi connectivity index (χ1) is 15.5. The minimum atomic E-state index is -0.293. The summed E-state index contributed by atoms with van der Waals surface area (Å²) in [6.07, 6.45) is 8.87. The lowest BCUT2D eigenvalue weighted by Crippen LogP contribution is -2.41. The van der Waals surface area contributed by atoms with Gasteiger partial charge in [0.1, 0.15) is 16.8 Å². The zero-order chi connectivity index (χ0) is 22.2. The molecule has 2 N–H and O–H groups in total. The van der Waals surface area contributed by atoms with E-state index in [1.54, 1.807) is 22.9 Å². The van der Waals surface area contributed by atoms with Gasteiger partial charge < -0.3 is 14.6 Å². The number of carbonyl (C=O) groups is 1. The Morgan fingerprint density at radius 3 is 2.78 bits per heavy atom. The van der Waals surface area contributed by atoms with Crippen LogP contribution in [0, 0.1) is 12.3 Å². The molecule has 32 heavy (non-hydrogen) atoms. The van der Waals surface area contributed by atoms with Crippen molar-refractivity contribution in [2.75, 3.05) is 6.61 Å². The fraction of sp³-hybridized carbons (Fsp3) is 0.500. The summed E-state index contributed by atoms with van der Waals surface area (Å²) < 4.78 is 9.00. The molecule has 2 fully saturated rings. The summed E-state index contributed by atoms with van der Waals surface area (Å²) in [4.78, 5) is 31.3. The van der Waals surface area contributed by atoms with Crippen LogP contribution in [-0.2, 0) is 11.3 Å². The maximum atomic E-state index is 13.4.